The molecule has 2 aromatic rings. The average molecular weight is 489 g/mol. The lowest BCUT2D eigenvalue weighted by Crippen LogP contribution is -2.46. The van der Waals surface area contributed by atoms with Crippen LogP contribution in [0.25, 0.3) is 11.7 Å². The van der Waals surface area contributed by atoms with Gasteiger partial charge in [-0.2, -0.15) is 0 Å². The van der Waals surface area contributed by atoms with E-state index in [1.165, 1.54) is 16.2 Å². The second kappa shape index (κ2) is 10.3. The summed E-state index contributed by atoms with van der Waals surface area (Å²) in [6.07, 6.45) is 4.04. The predicted molar refractivity (Wildman–Crippen MR) is 135 cm³/mol. The fourth-order valence-electron chi connectivity index (χ4n) is 4.10. The van der Waals surface area contributed by atoms with Crippen molar-refractivity contribution < 1.29 is 14.3 Å². The third-order valence-corrected chi connectivity index (χ3v) is 6.87. The molecule has 2 aliphatic heterocycles. The number of amides is 1. The highest BCUT2D eigenvalue weighted by Crippen LogP contribution is 2.34. The molecule has 0 N–H and O–H groups in total. The van der Waals surface area contributed by atoms with Gasteiger partial charge in [0.05, 0.1) is 22.7 Å². The van der Waals surface area contributed by atoms with E-state index >= 15 is 0 Å². The van der Waals surface area contributed by atoms with Gasteiger partial charge in [-0.3, -0.25) is 18.9 Å². The number of morpholine rings is 1. The summed E-state index contributed by atoms with van der Waals surface area (Å²) < 4.78 is 13.2. The second-order valence-corrected chi connectivity index (χ2v) is 9.80. The zero-order valence-electron chi connectivity index (χ0n) is 19.0. The average Bonchev–Trinajstić information content (AvgIpc) is 3.05. The van der Waals surface area contributed by atoms with Gasteiger partial charge in [0.2, 0.25) is 0 Å². The van der Waals surface area contributed by atoms with E-state index in [0.717, 1.165) is 0 Å². The van der Waals surface area contributed by atoms with Crippen molar-refractivity contribution in [3.63, 3.8) is 0 Å². The van der Waals surface area contributed by atoms with E-state index in [1.807, 2.05) is 26.8 Å². The highest BCUT2D eigenvalue weighted by atomic mass is 32.2. The summed E-state index contributed by atoms with van der Waals surface area (Å²) in [4.78, 5) is 35.5. The molecule has 2 atom stereocenters. The smallest absolute Gasteiger partial charge is 0.267 e. The molecule has 8 nitrogen and oxygen atoms in total. The lowest BCUT2D eigenvalue weighted by molar-refractivity contribution is -0.122. The van der Waals surface area contributed by atoms with Gasteiger partial charge in [-0.1, -0.05) is 30.0 Å². The Labute approximate surface area is 202 Å². The van der Waals surface area contributed by atoms with Gasteiger partial charge in [0, 0.05) is 39.0 Å². The van der Waals surface area contributed by atoms with Gasteiger partial charge in [-0.05, 0) is 45.4 Å². The van der Waals surface area contributed by atoms with Gasteiger partial charge in [-0.15, -0.1) is 0 Å². The number of ether oxygens (including phenoxy) is 2. The molecule has 0 aromatic carbocycles. The fraction of sp³-hybridized carbons (Fsp3) is 0.478. The first kappa shape index (κ1) is 23.9. The molecule has 33 heavy (non-hydrogen) atoms. The number of aromatic nitrogens is 2. The van der Waals surface area contributed by atoms with Crippen LogP contribution in [0.5, 0.6) is 0 Å². The molecule has 0 bridgehead atoms. The van der Waals surface area contributed by atoms with Crippen molar-refractivity contribution in [1.29, 1.82) is 0 Å². The summed E-state index contributed by atoms with van der Waals surface area (Å²) in [5.74, 6) is 0.378. The minimum atomic E-state index is -0.219. The lowest BCUT2D eigenvalue weighted by atomic mass is 10.2. The molecule has 0 aliphatic carbocycles. The van der Waals surface area contributed by atoms with Crippen LogP contribution in [0.1, 0.15) is 32.8 Å². The Balaban J connectivity index is 1.73. The maximum atomic E-state index is 13.5. The van der Waals surface area contributed by atoms with Crippen LogP contribution in [0.15, 0.2) is 34.1 Å². The summed E-state index contributed by atoms with van der Waals surface area (Å²) in [6.45, 7) is 8.86. The molecule has 176 valence electrons. The summed E-state index contributed by atoms with van der Waals surface area (Å²) in [7, 11) is 0. The Morgan fingerprint density at radius 3 is 2.76 bits per heavy atom. The van der Waals surface area contributed by atoms with Gasteiger partial charge >= 0.3 is 0 Å². The maximum Gasteiger partial charge on any atom is 0.267 e. The molecule has 2 aromatic heterocycles. The molecule has 2 aliphatic rings. The molecule has 4 rings (SSSR count). The summed E-state index contributed by atoms with van der Waals surface area (Å²) >= 11 is 6.67. The number of thiocarbonyl (C=S) groups is 1. The molecule has 0 unspecified atom stereocenters. The lowest BCUT2D eigenvalue weighted by Gasteiger charge is -2.36. The van der Waals surface area contributed by atoms with Gasteiger partial charge in [0.1, 0.15) is 15.8 Å². The molecule has 0 radical (unpaired) electrons. The normalized spacial score (nSPS) is 22.7. The van der Waals surface area contributed by atoms with Gasteiger partial charge < -0.3 is 14.4 Å². The Morgan fingerprint density at radius 1 is 1.27 bits per heavy atom. The van der Waals surface area contributed by atoms with Crippen LogP contribution in [0.4, 0.5) is 5.82 Å². The highest BCUT2D eigenvalue weighted by molar-refractivity contribution is 8.26. The van der Waals surface area contributed by atoms with Crippen LogP contribution in [-0.2, 0) is 14.3 Å². The SMILES string of the molecule is CCOCCCN1C(=O)/C(=C/c2c(N3C[C@@H](C)O[C@@H](C)C3)nc3ccccn3c2=O)SC1=S. The topological polar surface area (TPSA) is 76.4 Å². The van der Waals surface area contributed by atoms with Gasteiger partial charge in [-0.25, -0.2) is 4.98 Å². The number of anilines is 1. The zero-order chi connectivity index (χ0) is 23.5. The summed E-state index contributed by atoms with van der Waals surface area (Å²) in [6, 6.07) is 5.44. The number of fused-ring (bicyclic) bond motifs is 1. The number of nitrogens with zero attached hydrogens (tertiary/aromatic N) is 4. The molecular formula is C23H28N4O4S2. The van der Waals surface area contributed by atoms with Crippen LogP contribution in [0.2, 0.25) is 0 Å². The Morgan fingerprint density at radius 2 is 2.03 bits per heavy atom. The van der Waals surface area contributed by atoms with E-state index in [-0.39, 0.29) is 23.7 Å². The minimum Gasteiger partial charge on any atom is -0.382 e. The number of rotatable bonds is 7. The van der Waals surface area contributed by atoms with Crippen molar-refractivity contribution in [2.24, 2.45) is 0 Å². The number of hydrogen-bond donors (Lipinski definition) is 0. The third-order valence-electron chi connectivity index (χ3n) is 5.49. The minimum absolute atomic E-state index is 0.00109. The van der Waals surface area contributed by atoms with Crippen LogP contribution in [0.3, 0.4) is 0 Å². The zero-order valence-corrected chi connectivity index (χ0v) is 20.7. The van der Waals surface area contributed by atoms with E-state index in [4.69, 9.17) is 26.7 Å². The third kappa shape index (κ3) is 5.13. The Bertz CT molecular complexity index is 1140. The van der Waals surface area contributed by atoms with E-state index < -0.39 is 0 Å². The van der Waals surface area contributed by atoms with Crippen molar-refractivity contribution in [2.45, 2.75) is 39.4 Å². The largest absolute Gasteiger partial charge is 0.382 e. The molecule has 2 fully saturated rings. The molecule has 10 heteroatoms. The first-order chi connectivity index (χ1) is 15.9. The van der Waals surface area contributed by atoms with Crippen LogP contribution in [-0.4, -0.2) is 69.6 Å². The number of thioether (sulfide) groups is 1. The van der Waals surface area contributed by atoms with E-state index in [1.54, 1.807) is 29.3 Å². The number of hydrogen-bond acceptors (Lipinski definition) is 8. The van der Waals surface area contributed by atoms with E-state index in [2.05, 4.69) is 4.90 Å². The predicted octanol–water partition coefficient (Wildman–Crippen LogP) is 2.94. The number of pyridine rings is 1. The van der Waals surface area contributed by atoms with Crippen molar-refractivity contribution in [3.8, 4) is 0 Å². The Kier molecular flexibility index (Phi) is 7.48. The molecular weight excluding hydrogens is 460 g/mol. The maximum absolute atomic E-state index is 13.5. The molecule has 2 saturated heterocycles. The molecule has 0 spiro atoms. The molecule has 4 heterocycles. The van der Waals surface area contributed by atoms with Gasteiger partial charge in [0.15, 0.2) is 0 Å². The van der Waals surface area contributed by atoms with Crippen LogP contribution < -0.4 is 10.5 Å². The van der Waals surface area contributed by atoms with Crippen LogP contribution >= 0.6 is 24.0 Å². The molecule has 0 saturated carbocycles. The first-order valence-electron chi connectivity index (χ1n) is 11.1. The fourth-order valence-corrected chi connectivity index (χ4v) is 5.39. The standard InChI is InChI=1S/C23H28N4O4S2/c1-4-30-11-7-10-27-22(29)18(33-23(27)32)12-17-20(25-13-15(2)31-16(3)14-25)24-19-8-5-6-9-26(19)21(17)28/h5-6,8-9,12,15-16H,4,7,10-11,13-14H2,1-3H3/b18-12-/t15-,16+. The van der Waals surface area contributed by atoms with Crippen molar-refractivity contribution in [2.75, 3.05) is 37.7 Å². The first-order valence-corrected chi connectivity index (χ1v) is 12.4. The van der Waals surface area contributed by atoms with Gasteiger partial charge in [0.25, 0.3) is 11.5 Å². The van der Waals surface area contributed by atoms with E-state index in [0.29, 0.717) is 65.5 Å². The van der Waals surface area contributed by atoms with Crippen molar-refractivity contribution in [1.82, 2.24) is 14.3 Å². The number of carbonyl (C=O) groups excluding carboxylic acids is 1. The summed E-state index contributed by atoms with van der Waals surface area (Å²) in [5.41, 5.74) is 0.726. The quantitative estimate of drug-likeness (QED) is 0.335. The van der Waals surface area contributed by atoms with Crippen molar-refractivity contribution >= 4 is 51.7 Å². The Hall–Kier alpha value is -2.27. The van der Waals surface area contributed by atoms with Crippen LogP contribution in [0, 0.1) is 0 Å². The second-order valence-electron chi connectivity index (χ2n) is 8.13. The molecule has 1 amide bonds. The highest BCUT2D eigenvalue weighted by Gasteiger charge is 2.33. The van der Waals surface area contributed by atoms with Crippen molar-refractivity contribution in [3.05, 3.63) is 45.2 Å². The van der Waals surface area contributed by atoms with E-state index in [9.17, 15) is 9.59 Å². The number of carbonyl (C=O) groups is 1. The summed E-state index contributed by atoms with van der Waals surface area (Å²) in [5, 5.41) is 0. The monoisotopic (exact) mass is 488 g/mol.